The quantitative estimate of drug-likeness (QED) is 0.843. The highest BCUT2D eigenvalue weighted by Crippen LogP contribution is 2.52. The van der Waals surface area contributed by atoms with E-state index in [1.54, 1.807) is 6.20 Å². The fourth-order valence-electron chi connectivity index (χ4n) is 1.88. The van der Waals surface area contributed by atoms with E-state index in [9.17, 15) is 0 Å². The molecule has 0 radical (unpaired) electrons. The summed E-state index contributed by atoms with van der Waals surface area (Å²) in [5.41, 5.74) is 7.15. The summed E-state index contributed by atoms with van der Waals surface area (Å²) < 4.78 is 0.962. The Morgan fingerprint density at radius 3 is 2.79 bits per heavy atom. The van der Waals surface area contributed by atoms with E-state index in [0.29, 0.717) is 5.15 Å². The number of aromatic nitrogens is 1. The standard InChI is InChI=1S/C10H12BrClN2/c1-6(13)10(2-3-10)8-4-7(11)5-14-9(8)12/h4-6H,2-3,13H2,1H3. The van der Waals surface area contributed by atoms with E-state index in [4.69, 9.17) is 17.3 Å². The predicted octanol–water partition coefficient (Wildman–Crippen LogP) is 2.88. The molecule has 1 aromatic rings. The first-order valence-corrected chi connectivity index (χ1v) is 5.80. The predicted molar refractivity (Wildman–Crippen MR) is 61.5 cm³/mol. The summed E-state index contributed by atoms with van der Waals surface area (Å²) in [6, 6.07) is 2.17. The van der Waals surface area contributed by atoms with Gasteiger partial charge >= 0.3 is 0 Å². The summed E-state index contributed by atoms with van der Waals surface area (Å²) in [5.74, 6) is 0. The fourth-order valence-corrected chi connectivity index (χ4v) is 2.50. The van der Waals surface area contributed by atoms with E-state index >= 15 is 0 Å². The first kappa shape index (κ1) is 10.4. The second kappa shape index (κ2) is 3.47. The molecular weight excluding hydrogens is 263 g/mol. The smallest absolute Gasteiger partial charge is 0.132 e. The Morgan fingerprint density at radius 1 is 1.64 bits per heavy atom. The molecule has 14 heavy (non-hydrogen) atoms. The summed E-state index contributed by atoms with van der Waals surface area (Å²) >= 11 is 9.48. The van der Waals surface area contributed by atoms with Crippen molar-refractivity contribution in [1.82, 2.24) is 4.98 Å². The van der Waals surface area contributed by atoms with E-state index < -0.39 is 0 Å². The lowest BCUT2D eigenvalue weighted by Crippen LogP contribution is -2.31. The average molecular weight is 276 g/mol. The third-order valence-electron chi connectivity index (χ3n) is 3.00. The van der Waals surface area contributed by atoms with Crippen LogP contribution in [0.4, 0.5) is 0 Å². The van der Waals surface area contributed by atoms with Gasteiger partial charge in [-0.3, -0.25) is 0 Å². The number of halogens is 2. The van der Waals surface area contributed by atoms with Crippen molar-refractivity contribution in [1.29, 1.82) is 0 Å². The maximum atomic E-state index is 6.08. The molecule has 0 bridgehead atoms. The molecule has 0 amide bonds. The van der Waals surface area contributed by atoms with E-state index in [-0.39, 0.29) is 11.5 Å². The molecule has 2 rings (SSSR count). The molecular formula is C10H12BrClN2. The first-order chi connectivity index (χ1) is 6.56. The Bertz CT molecular complexity index is 361. The Morgan fingerprint density at radius 2 is 2.29 bits per heavy atom. The number of rotatable bonds is 2. The third-order valence-corrected chi connectivity index (χ3v) is 3.74. The number of pyridine rings is 1. The van der Waals surface area contributed by atoms with Crippen molar-refractivity contribution in [2.24, 2.45) is 5.73 Å². The lowest BCUT2D eigenvalue weighted by atomic mass is 9.91. The van der Waals surface area contributed by atoms with Gasteiger partial charge in [0.1, 0.15) is 5.15 Å². The summed E-state index contributed by atoms with van der Waals surface area (Å²) in [6.07, 6.45) is 3.94. The van der Waals surface area contributed by atoms with Crippen LogP contribution >= 0.6 is 27.5 Å². The first-order valence-electron chi connectivity index (χ1n) is 4.63. The van der Waals surface area contributed by atoms with Crippen LogP contribution in [-0.4, -0.2) is 11.0 Å². The largest absolute Gasteiger partial charge is 0.327 e. The molecule has 0 aliphatic heterocycles. The average Bonchev–Trinajstić information content (AvgIpc) is 2.90. The van der Waals surface area contributed by atoms with E-state index in [1.165, 1.54) is 0 Å². The molecule has 1 unspecified atom stereocenters. The minimum absolute atomic E-state index is 0.0772. The van der Waals surface area contributed by atoms with Crippen molar-refractivity contribution in [3.05, 3.63) is 27.5 Å². The molecule has 0 saturated heterocycles. The van der Waals surface area contributed by atoms with Gasteiger partial charge in [-0.25, -0.2) is 4.98 Å². The van der Waals surface area contributed by atoms with Gasteiger partial charge in [0.25, 0.3) is 0 Å². The second-order valence-corrected chi connectivity index (χ2v) is 5.21. The van der Waals surface area contributed by atoms with Gasteiger partial charge in [0.05, 0.1) is 0 Å². The Labute approximate surface area is 97.0 Å². The summed E-state index contributed by atoms with van der Waals surface area (Å²) in [4.78, 5) is 4.13. The number of nitrogens with two attached hydrogens (primary N) is 1. The van der Waals surface area contributed by atoms with Gasteiger partial charge in [-0.1, -0.05) is 11.6 Å². The molecule has 0 spiro atoms. The Kier molecular flexibility index (Phi) is 2.58. The molecule has 1 aliphatic rings. The molecule has 1 fully saturated rings. The second-order valence-electron chi connectivity index (χ2n) is 3.94. The zero-order valence-corrected chi connectivity index (χ0v) is 10.3. The van der Waals surface area contributed by atoms with Gasteiger partial charge in [-0.15, -0.1) is 0 Å². The number of hydrogen-bond donors (Lipinski definition) is 1. The van der Waals surface area contributed by atoms with Gasteiger partial charge in [0.15, 0.2) is 0 Å². The molecule has 0 aromatic carbocycles. The number of hydrogen-bond acceptors (Lipinski definition) is 2. The van der Waals surface area contributed by atoms with Crippen LogP contribution < -0.4 is 5.73 Å². The lowest BCUT2D eigenvalue weighted by Gasteiger charge is -2.20. The molecule has 1 aromatic heterocycles. The SMILES string of the molecule is CC(N)C1(c2cc(Br)cnc2Cl)CC1. The van der Waals surface area contributed by atoms with Crippen LogP contribution in [-0.2, 0) is 5.41 Å². The van der Waals surface area contributed by atoms with Gasteiger partial charge < -0.3 is 5.73 Å². The summed E-state index contributed by atoms with van der Waals surface area (Å²) in [6.45, 7) is 2.03. The molecule has 1 atom stereocenters. The molecule has 1 heterocycles. The molecule has 76 valence electrons. The molecule has 4 heteroatoms. The van der Waals surface area contributed by atoms with E-state index in [1.807, 2.05) is 13.0 Å². The molecule has 1 aliphatic carbocycles. The summed E-state index contributed by atoms with van der Waals surface area (Å²) in [7, 11) is 0. The van der Waals surface area contributed by atoms with E-state index in [2.05, 4.69) is 20.9 Å². The van der Waals surface area contributed by atoms with Crippen LogP contribution in [0.5, 0.6) is 0 Å². The van der Waals surface area contributed by atoms with Crippen LogP contribution in [0.1, 0.15) is 25.3 Å². The normalized spacial score (nSPS) is 20.6. The number of nitrogens with zero attached hydrogens (tertiary/aromatic N) is 1. The monoisotopic (exact) mass is 274 g/mol. The molecule has 1 saturated carbocycles. The maximum Gasteiger partial charge on any atom is 0.132 e. The highest BCUT2D eigenvalue weighted by Gasteiger charge is 2.48. The van der Waals surface area contributed by atoms with Gasteiger partial charge in [-0.2, -0.15) is 0 Å². The van der Waals surface area contributed by atoms with Crippen molar-refractivity contribution in [3.8, 4) is 0 Å². The third kappa shape index (κ3) is 1.58. The topological polar surface area (TPSA) is 38.9 Å². The summed E-state index contributed by atoms with van der Waals surface area (Å²) in [5, 5.41) is 0.586. The van der Waals surface area contributed by atoms with Crippen LogP contribution in [0.3, 0.4) is 0 Å². The zero-order valence-electron chi connectivity index (χ0n) is 7.93. The minimum atomic E-state index is 0.0772. The van der Waals surface area contributed by atoms with Crippen LogP contribution in [0.15, 0.2) is 16.7 Å². The van der Waals surface area contributed by atoms with Crippen molar-refractivity contribution < 1.29 is 0 Å². The van der Waals surface area contributed by atoms with Crippen molar-refractivity contribution in [2.75, 3.05) is 0 Å². The Balaban J connectivity index is 2.46. The van der Waals surface area contributed by atoms with Gasteiger partial charge in [-0.05, 0) is 47.3 Å². The van der Waals surface area contributed by atoms with Gasteiger partial charge in [0.2, 0.25) is 0 Å². The van der Waals surface area contributed by atoms with Crippen LogP contribution in [0.2, 0.25) is 5.15 Å². The molecule has 2 nitrogen and oxygen atoms in total. The minimum Gasteiger partial charge on any atom is -0.327 e. The maximum absolute atomic E-state index is 6.08. The van der Waals surface area contributed by atoms with Gasteiger partial charge in [0, 0.05) is 22.1 Å². The van der Waals surface area contributed by atoms with Crippen LogP contribution in [0, 0.1) is 0 Å². The van der Waals surface area contributed by atoms with Crippen molar-refractivity contribution in [2.45, 2.75) is 31.2 Å². The lowest BCUT2D eigenvalue weighted by molar-refractivity contribution is 0.555. The van der Waals surface area contributed by atoms with Crippen LogP contribution in [0.25, 0.3) is 0 Å². The highest BCUT2D eigenvalue weighted by molar-refractivity contribution is 9.10. The highest BCUT2D eigenvalue weighted by atomic mass is 79.9. The van der Waals surface area contributed by atoms with Crippen molar-refractivity contribution >= 4 is 27.5 Å². The zero-order chi connectivity index (χ0) is 10.3. The Hall–Kier alpha value is -0.120. The molecule has 2 N–H and O–H groups in total. The van der Waals surface area contributed by atoms with E-state index in [0.717, 1.165) is 22.9 Å². The van der Waals surface area contributed by atoms with Crippen molar-refractivity contribution in [3.63, 3.8) is 0 Å². The fraction of sp³-hybridized carbons (Fsp3) is 0.500.